The summed E-state index contributed by atoms with van der Waals surface area (Å²) in [5.41, 5.74) is 0. The van der Waals surface area contributed by atoms with Gasteiger partial charge in [-0.1, -0.05) is 11.8 Å². The molecule has 2 heterocycles. The van der Waals surface area contributed by atoms with Crippen LogP contribution >= 0.6 is 11.8 Å². The van der Waals surface area contributed by atoms with Gasteiger partial charge in [-0.05, 0) is 6.92 Å². The lowest BCUT2D eigenvalue weighted by atomic mass is 10.4. The van der Waals surface area contributed by atoms with E-state index >= 15 is 0 Å². The predicted octanol–water partition coefficient (Wildman–Crippen LogP) is 0.311. The van der Waals surface area contributed by atoms with Crippen LogP contribution in [-0.2, 0) is 16.1 Å². The van der Waals surface area contributed by atoms with E-state index in [4.69, 9.17) is 9.84 Å². The highest BCUT2D eigenvalue weighted by Crippen LogP contribution is 2.22. The molecule has 7 nitrogen and oxygen atoms in total. The Morgan fingerprint density at radius 3 is 2.78 bits per heavy atom. The Bertz CT molecular complexity index is 417. The standard InChI is InChI=1S/C10H16N4O3S/c1-2-14-9(13-3-5-17-6-4-13)11-12-10(14)18-7-8(15)16/h2-7H2,1H3,(H,15,16). The summed E-state index contributed by atoms with van der Waals surface area (Å²) >= 11 is 1.20. The van der Waals surface area contributed by atoms with Crippen LogP contribution in [0, 0.1) is 0 Å². The molecule has 1 aromatic heterocycles. The molecule has 0 amide bonds. The SMILES string of the molecule is CCn1c(SCC(=O)O)nnc1N1CCOCC1. The third kappa shape index (κ3) is 2.94. The maximum absolute atomic E-state index is 10.6. The van der Waals surface area contributed by atoms with E-state index in [0.29, 0.717) is 18.4 Å². The lowest BCUT2D eigenvalue weighted by Crippen LogP contribution is -2.38. The predicted molar refractivity (Wildman–Crippen MR) is 67.1 cm³/mol. The van der Waals surface area contributed by atoms with Crippen molar-refractivity contribution in [1.82, 2.24) is 14.8 Å². The Morgan fingerprint density at radius 1 is 1.44 bits per heavy atom. The third-order valence-electron chi connectivity index (χ3n) is 2.63. The molecular formula is C10H16N4O3S. The highest BCUT2D eigenvalue weighted by atomic mass is 32.2. The zero-order valence-electron chi connectivity index (χ0n) is 10.2. The van der Waals surface area contributed by atoms with Crippen molar-refractivity contribution in [2.24, 2.45) is 0 Å². The van der Waals surface area contributed by atoms with Crippen molar-refractivity contribution in [2.45, 2.75) is 18.6 Å². The molecule has 1 aliphatic heterocycles. The van der Waals surface area contributed by atoms with Crippen LogP contribution in [0.3, 0.4) is 0 Å². The van der Waals surface area contributed by atoms with E-state index in [0.717, 1.165) is 25.6 Å². The van der Waals surface area contributed by atoms with Crippen molar-refractivity contribution < 1.29 is 14.6 Å². The van der Waals surface area contributed by atoms with E-state index in [1.165, 1.54) is 11.8 Å². The Kier molecular flexibility index (Phi) is 4.43. The number of aliphatic carboxylic acids is 1. The minimum Gasteiger partial charge on any atom is -0.481 e. The van der Waals surface area contributed by atoms with Crippen molar-refractivity contribution in [3.63, 3.8) is 0 Å². The normalized spacial score (nSPS) is 15.9. The first-order valence-electron chi connectivity index (χ1n) is 5.83. The van der Waals surface area contributed by atoms with Crippen LogP contribution in [0.2, 0.25) is 0 Å². The van der Waals surface area contributed by atoms with Crippen LogP contribution in [0.4, 0.5) is 5.95 Å². The topological polar surface area (TPSA) is 80.5 Å². The van der Waals surface area contributed by atoms with Gasteiger partial charge in [-0.15, -0.1) is 10.2 Å². The van der Waals surface area contributed by atoms with Crippen LogP contribution in [0.15, 0.2) is 5.16 Å². The number of carboxylic acids is 1. The number of morpholine rings is 1. The highest BCUT2D eigenvalue weighted by Gasteiger charge is 2.19. The fourth-order valence-corrected chi connectivity index (χ4v) is 2.51. The van der Waals surface area contributed by atoms with Crippen LogP contribution in [0.5, 0.6) is 0 Å². The van der Waals surface area contributed by atoms with Gasteiger partial charge in [0.15, 0.2) is 5.16 Å². The molecule has 0 spiro atoms. The zero-order valence-corrected chi connectivity index (χ0v) is 11.0. The largest absolute Gasteiger partial charge is 0.481 e. The minimum atomic E-state index is -0.849. The average molecular weight is 272 g/mol. The summed E-state index contributed by atoms with van der Waals surface area (Å²) in [5, 5.41) is 17.6. The Balaban J connectivity index is 2.12. The van der Waals surface area contributed by atoms with E-state index in [-0.39, 0.29) is 5.75 Å². The number of hydrogen-bond acceptors (Lipinski definition) is 6. The average Bonchev–Trinajstić information content (AvgIpc) is 2.80. The minimum absolute atomic E-state index is 0.00123. The van der Waals surface area contributed by atoms with Crippen LogP contribution in [0.25, 0.3) is 0 Å². The van der Waals surface area contributed by atoms with Crippen LogP contribution in [0.1, 0.15) is 6.92 Å². The summed E-state index contributed by atoms with van der Waals surface area (Å²) in [5.74, 6) is -0.0476. The molecule has 18 heavy (non-hydrogen) atoms. The summed E-state index contributed by atoms with van der Waals surface area (Å²) in [4.78, 5) is 12.7. The molecule has 0 unspecified atom stereocenters. The van der Waals surface area contributed by atoms with Crippen molar-refractivity contribution >= 4 is 23.7 Å². The molecule has 2 rings (SSSR count). The fraction of sp³-hybridized carbons (Fsp3) is 0.700. The molecule has 1 fully saturated rings. The van der Waals surface area contributed by atoms with Gasteiger partial charge in [-0.3, -0.25) is 9.36 Å². The number of rotatable bonds is 5. The van der Waals surface area contributed by atoms with Crippen molar-refractivity contribution in [2.75, 3.05) is 37.0 Å². The molecule has 1 N–H and O–H groups in total. The van der Waals surface area contributed by atoms with Gasteiger partial charge in [0.25, 0.3) is 0 Å². The van der Waals surface area contributed by atoms with E-state index in [1.807, 2.05) is 11.5 Å². The molecule has 1 aromatic rings. The molecule has 0 aromatic carbocycles. The van der Waals surface area contributed by atoms with Gasteiger partial charge in [0, 0.05) is 19.6 Å². The molecule has 1 saturated heterocycles. The van der Waals surface area contributed by atoms with Crippen molar-refractivity contribution in [3.05, 3.63) is 0 Å². The van der Waals surface area contributed by atoms with Gasteiger partial charge in [0.2, 0.25) is 5.95 Å². The summed E-state index contributed by atoms with van der Waals surface area (Å²) in [7, 11) is 0. The number of aromatic nitrogens is 3. The van der Waals surface area contributed by atoms with Gasteiger partial charge < -0.3 is 14.7 Å². The van der Waals surface area contributed by atoms with Crippen LogP contribution < -0.4 is 4.90 Å². The quantitative estimate of drug-likeness (QED) is 0.773. The summed E-state index contributed by atoms with van der Waals surface area (Å²) < 4.78 is 7.24. The molecule has 1 aliphatic rings. The number of anilines is 1. The summed E-state index contributed by atoms with van der Waals surface area (Å²) in [6.07, 6.45) is 0. The lowest BCUT2D eigenvalue weighted by Gasteiger charge is -2.27. The Labute approximate surface area is 109 Å². The highest BCUT2D eigenvalue weighted by molar-refractivity contribution is 7.99. The lowest BCUT2D eigenvalue weighted by molar-refractivity contribution is -0.133. The van der Waals surface area contributed by atoms with Crippen molar-refractivity contribution in [1.29, 1.82) is 0 Å². The molecule has 0 aliphatic carbocycles. The summed E-state index contributed by atoms with van der Waals surface area (Å²) in [6.45, 7) is 5.69. The number of ether oxygens (including phenoxy) is 1. The number of carboxylic acid groups (broad SMARTS) is 1. The van der Waals surface area contributed by atoms with E-state index in [1.54, 1.807) is 0 Å². The second-order valence-corrected chi connectivity index (χ2v) is 4.75. The second-order valence-electron chi connectivity index (χ2n) is 3.81. The first-order chi connectivity index (χ1) is 8.72. The van der Waals surface area contributed by atoms with Gasteiger partial charge in [-0.25, -0.2) is 0 Å². The molecule has 0 atom stereocenters. The van der Waals surface area contributed by atoms with Gasteiger partial charge in [0.1, 0.15) is 0 Å². The zero-order chi connectivity index (χ0) is 13.0. The monoisotopic (exact) mass is 272 g/mol. The molecule has 8 heteroatoms. The third-order valence-corrected chi connectivity index (χ3v) is 3.58. The first kappa shape index (κ1) is 13.2. The smallest absolute Gasteiger partial charge is 0.313 e. The molecule has 0 saturated carbocycles. The molecule has 100 valence electrons. The number of thioether (sulfide) groups is 1. The summed E-state index contributed by atoms with van der Waals surface area (Å²) in [6, 6.07) is 0. The molecular weight excluding hydrogens is 256 g/mol. The number of hydrogen-bond donors (Lipinski definition) is 1. The molecule has 0 radical (unpaired) electrons. The van der Waals surface area contributed by atoms with E-state index in [2.05, 4.69) is 15.1 Å². The number of nitrogens with zero attached hydrogens (tertiary/aromatic N) is 4. The number of carbonyl (C=O) groups is 1. The van der Waals surface area contributed by atoms with Gasteiger partial charge >= 0.3 is 5.97 Å². The van der Waals surface area contributed by atoms with E-state index < -0.39 is 5.97 Å². The second kappa shape index (κ2) is 6.05. The Hall–Kier alpha value is -1.28. The van der Waals surface area contributed by atoms with Gasteiger partial charge in [-0.2, -0.15) is 0 Å². The van der Waals surface area contributed by atoms with E-state index in [9.17, 15) is 4.79 Å². The van der Waals surface area contributed by atoms with Gasteiger partial charge in [0.05, 0.1) is 19.0 Å². The van der Waals surface area contributed by atoms with Crippen molar-refractivity contribution in [3.8, 4) is 0 Å². The fourth-order valence-electron chi connectivity index (χ4n) is 1.79. The first-order valence-corrected chi connectivity index (χ1v) is 6.81. The maximum atomic E-state index is 10.6. The molecule has 0 bridgehead atoms. The maximum Gasteiger partial charge on any atom is 0.313 e. The van der Waals surface area contributed by atoms with Crippen LogP contribution in [-0.4, -0.2) is 57.9 Å². The Morgan fingerprint density at radius 2 is 2.17 bits per heavy atom.